The number of amides is 2. The molecule has 0 aromatic heterocycles. The van der Waals surface area contributed by atoms with Crippen LogP contribution in [0.25, 0.3) is 0 Å². The lowest BCUT2D eigenvalue weighted by molar-refractivity contribution is -0.117. The van der Waals surface area contributed by atoms with Gasteiger partial charge in [-0.3, -0.25) is 9.59 Å². The van der Waals surface area contributed by atoms with Gasteiger partial charge in [0.25, 0.3) is 5.91 Å². The van der Waals surface area contributed by atoms with Gasteiger partial charge in [-0.15, -0.1) is 0 Å². The van der Waals surface area contributed by atoms with Gasteiger partial charge in [0.15, 0.2) is 0 Å². The number of nitrogens with one attached hydrogen (secondary N) is 3. The number of fused-ring (bicyclic) bond motifs is 1. The fourth-order valence-electron chi connectivity index (χ4n) is 3.79. The number of anilines is 2. The zero-order valence-corrected chi connectivity index (χ0v) is 16.5. The molecule has 0 radical (unpaired) electrons. The van der Waals surface area contributed by atoms with E-state index in [4.69, 9.17) is 0 Å². The van der Waals surface area contributed by atoms with E-state index >= 15 is 0 Å². The average Bonchev–Trinajstić information content (AvgIpc) is 2.92. The minimum atomic E-state index is -0.240. The van der Waals surface area contributed by atoms with Crippen molar-refractivity contribution in [1.82, 2.24) is 10.2 Å². The Labute approximate surface area is 162 Å². The van der Waals surface area contributed by atoms with Crippen LogP contribution in [0.2, 0.25) is 0 Å². The van der Waals surface area contributed by atoms with Crippen LogP contribution in [0.5, 0.6) is 0 Å². The van der Waals surface area contributed by atoms with Crippen molar-refractivity contribution in [2.24, 2.45) is 5.92 Å². The van der Waals surface area contributed by atoms with Crippen LogP contribution in [-0.2, 0) is 4.79 Å². The lowest BCUT2D eigenvalue weighted by Gasteiger charge is -2.29. The Morgan fingerprint density at radius 1 is 1.19 bits per heavy atom. The molecule has 3 N–H and O–H groups in total. The number of hydrogen-bond donors (Lipinski definition) is 3. The van der Waals surface area contributed by atoms with Gasteiger partial charge in [0.05, 0.1) is 11.4 Å². The van der Waals surface area contributed by atoms with Gasteiger partial charge in [-0.05, 0) is 63.0 Å². The summed E-state index contributed by atoms with van der Waals surface area (Å²) in [6, 6.07) is 5.19. The second-order valence-electron chi connectivity index (χ2n) is 7.98. The molecule has 1 atom stereocenters. The third kappa shape index (κ3) is 5.22. The maximum absolute atomic E-state index is 12.4. The van der Waals surface area contributed by atoms with E-state index in [9.17, 15) is 9.59 Å². The molecule has 1 saturated heterocycles. The fourth-order valence-corrected chi connectivity index (χ4v) is 3.79. The summed E-state index contributed by atoms with van der Waals surface area (Å²) in [7, 11) is 0. The van der Waals surface area contributed by atoms with Crippen LogP contribution in [0.4, 0.5) is 11.4 Å². The first-order valence-electron chi connectivity index (χ1n) is 10.3. The zero-order valence-electron chi connectivity index (χ0n) is 16.5. The molecule has 2 heterocycles. The smallest absolute Gasteiger partial charge is 0.251 e. The molecule has 0 unspecified atom stereocenters. The first-order valence-corrected chi connectivity index (χ1v) is 10.3. The van der Waals surface area contributed by atoms with Gasteiger partial charge in [-0.2, -0.15) is 0 Å². The lowest BCUT2D eigenvalue weighted by Crippen LogP contribution is -2.42. The molecule has 1 aromatic carbocycles. The SMILES string of the molecule is CC(C)[C@@H]1Nc2ccc(C(=O)NCCCN3CCCCCC3)cc2NC1=O. The summed E-state index contributed by atoms with van der Waals surface area (Å²) in [5.41, 5.74) is 2.12. The van der Waals surface area contributed by atoms with Crippen molar-refractivity contribution in [1.29, 1.82) is 0 Å². The lowest BCUT2D eigenvalue weighted by atomic mass is 9.99. The van der Waals surface area contributed by atoms with Crippen LogP contribution < -0.4 is 16.0 Å². The summed E-state index contributed by atoms with van der Waals surface area (Å²) in [4.78, 5) is 27.1. The number of hydrogen-bond acceptors (Lipinski definition) is 4. The number of benzene rings is 1. The molecule has 6 heteroatoms. The molecule has 3 rings (SSSR count). The number of likely N-dealkylation sites (tertiary alicyclic amines) is 1. The second kappa shape index (κ2) is 9.22. The van der Waals surface area contributed by atoms with Crippen molar-refractivity contribution < 1.29 is 9.59 Å². The van der Waals surface area contributed by atoms with E-state index in [-0.39, 0.29) is 23.8 Å². The summed E-state index contributed by atoms with van der Waals surface area (Å²) in [5.74, 6) is 0.0618. The molecule has 0 spiro atoms. The minimum Gasteiger partial charge on any atom is -0.372 e. The van der Waals surface area contributed by atoms with Gasteiger partial charge in [-0.1, -0.05) is 26.7 Å². The number of rotatable bonds is 6. The van der Waals surface area contributed by atoms with Crippen molar-refractivity contribution >= 4 is 23.2 Å². The molecule has 1 fully saturated rings. The highest BCUT2D eigenvalue weighted by Crippen LogP contribution is 2.29. The van der Waals surface area contributed by atoms with Crippen molar-refractivity contribution in [3.05, 3.63) is 23.8 Å². The molecule has 1 aromatic rings. The Morgan fingerprint density at radius 3 is 2.63 bits per heavy atom. The highest BCUT2D eigenvalue weighted by Gasteiger charge is 2.28. The summed E-state index contributed by atoms with van der Waals surface area (Å²) in [5, 5.41) is 9.17. The maximum atomic E-state index is 12.4. The molecule has 2 aliphatic rings. The molecule has 0 bridgehead atoms. The van der Waals surface area contributed by atoms with E-state index in [1.54, 1.807) is 6.07 Å². The van der Waals surface area contributed by atoms with Gasteiger partial charge in [0, 0.05) is 12.1 Å². The predicted octanol–water partition coefficient (Wildman–Crippen LogP) is 3.07. The highest BCUT2D eigenvalue weighted by atomic mass is 16.2. The van der Waals surface area contributed by atoms with Crippen molar-refractivity contribution in [2.75, 3.05) is 36.8 Å². The average molecular weight is 373 g/mol. The van der Waals surface area contributed by atoms with Gasteiger partial charge >= 0.3 is 0 Å². The van der Waals surface area contributed by atoms with E-state index in [1.807, 2.05) is 26.0 Å². The van der Waals surface area contributed by atoms with Crippen molar-refractivity contribution in [2.45, 2.75) is 52.0 Å². The Morgan fingerprint density at radius 2 is 1.93 bits per heavy atom. The van der Waals surface area contributed by atoms with Crippen LogP contribution in [-0.4, -0.2) is 48.9 Å². The number of nitrogens with zero attached hydrogens (tertiary/aromatic N) is 1. The zero-order chi connectivity index (χ0) is 19.2. The maximum Gasteiger partial charge on any atom is 0.251 e. The Hall–Kier alpha value is -2.08. The Balaban J connectivity index is 1.49. The normalized spacial score (nSPS) is 20.4. The van der Waals surface area contributed by atoms with Gasteiger partial charge in [0.1, 0.15) is 6.04 Å². The number of carbonyl (C=O) groups excluding carboxylic acids is 2. The standard InChI is InChI=1S/C21H32N4O2/c1-15(2)19-21(27)24-18-14-16(8-9-17(18)23-19)20(26)22-10-7-13-25-11-5-3-4-6-12-25/h8-9,14-15,19,23H,3-7,10-13H2,1-2H3,(H,22,26)(H,24,27)/t19-/m0/s1. The molecule has 2 amide bonds. The van der Waals surface area contributed by atoms with Gasteiger partial charge < -0.3 is 20.9 Å². The second-order valence-corrected chi connectivity index (χ2v) is 7.98. The summed E-state index contributed by atoms with van der Waals surface area (Å²) in [6.07, 6.45) is 6.23. The van der Waals surface area contributed by atoms with Crippen LogP contribution in [0, 0.1) is 5.92 Å². The molecule has 0 aliphatic carbocycles. The monoisotopic (exact) mass is 372 g/mol. The van der Waals surface area contributed by atoms with Crippen molar-refractivity contribution in [3.63, 3.8) is 0 Å². The Kier molecular flexibility index (Phi) is 6.72. The summed E-state index contributed by atoms with van der Waals surface area (Å²) in [6.45, 7) is 8.10. The molecule has 2 aliphatic heterocycles. The largest absolute Gasteiger partial charge is 0.372 e. The molecule has 27 heavy (non-hydrogen) atoms. The van der Waals surface area contributed by atoms with E-state index < -0.39 is 0 Å². The van der Waals surface area contributed by atoms with E-state index in [0.29, 0.717) is 17.8 Å². The van der Waals surface area contributed by atoms with Crippen LogP contribution in [0.1, 0.15) is 56.3 Å². The summed E-state index contributed by atoms with van der Waals surface area (Å²) < 4.78 is 0. The molecular weight excluding hydrogens is 340 g/mol. The van der Waals surface area contributed by atoms with E-state index in [0.717, 1.165) is 18.7 Å². The summed E-state index contributed by atoms with van der Waals surface area (Å²) >= 11 is 0. The van der Waals surface area contributed by atoms with Gasteiger partial charge in [-0.25, -0.2) is 0 Å². The molecule has 148 valence electrons. The predicted molar refractivity (Wildman–Crippen MR) is 109 cm³/mol. The van der Waals surface area contributed by atoms with Crippen LogP contribution >= 0.6 is 0 Å². The molecular formula is C21H32N4O2. The highest BCUT2D eigenvalue weighted by molar-refractivity contribution is 6.05. The van der Waals surface area contributed by atoms with E-state index in [2.05, 4.69) is 20.9 Å². The third-order valence-corrected chi connectivity index (χ3v) is 5.44. The quantitative estimate of drug-likeness (QED) is 0.671. The van der Waals surface area contributed by atoms with Crippen LogP contribution in [0.3, 0.4) is 0 Å². The van der Waals surface area contributed by atoms with Gasteiger partial charge in [0.2, 0.25) is 5.91 Å². The first kappa shape index (κ1) is 19.7. The molecule has 6 nitrogen and oxygen atoms in total. The first-order chi connectivity index (χ1) is 13.0. The van der Waals surface area contributed by atoms with E-state index in [1.165, 1.54) is 38.8 Å². The number of carbonyl (C=O) groups is 2. The fraction of sp³-hybridized carbons (Fsp3) is 0.619. The van der Waals surface area contributed by atoms with Crippen molar-refractivity contribution in [3.8, 4) is 0 Å². The molecule has 0 saturated carbocycles. The minimum absolute atomic E-state index is 0.0486. The Bertz CT molecular complexity index is 666. The third-order valence-electron chi connectivity index (χ3n) is 5.44. The topological polar surface area (TPSA) is 73.5 Å². The van der Waals surface area contributed by atoms with Crippen LogP contribution in [0.15, 0.2) is 18.2 Å².